The number of aryl methyl sites for hydroxylation is 2. The van der Waals surface area contributed by atoms with E-state index in [1.54, 1.807) is 43.6 Å². The summed E-state index contributed by atoms with van der Waals surface area (Å²) < 4.78 is 11.0. The number of methoxy groups -OCH3 is 1. The van der Waals surface area contributed by atoms with Crippen molar-refractivity contribution >= 4 is 45.6 Å². The highest BCUT2D eigenvalue weighted by Gasteiger charge is 2.12. The smallest absolute Gasteiger partial charge is 0.257 e. The standard InChI is InChI=1S/C29H28ClN3O4S/c1-36-14-2-15-37-26-18-21(17-23(19-26)28(35)33-29-31-13-16-38-29)4-3-20-5-11-25(12-6-20)32-27(34)22-7-9-24(30)10-8-22/h5-13,16-19H,2-4,14-15H2,1H3,(H,32,34)(H,31,33,35). The Hall–Kier alpha value is -3.72. The van der Waals surface area contributed by atoms with E-state index in [0.29, 0.717) is 52.4 Å². The number of nitrogens with one attached hydrogen (secondary N) is 2. The van der Waals surface area contributed by atoms with Gasteiger partial charge in [0.2, 0.25) is 0 Å². The first-order valence-electron chi connectivity index (χ1n) is 12.1. The molecule has 0 spiro atoms. The van der Waals surface area contributed by atoms with E-state index in [2.05, 4.69) is 15.6 Å². The van der Waals surface area contributed by atoms with Crippen LogP contribution in [0.2, 0.25) is 5.02 Å². The molecule has 2 amide bonds. The van der Waals surface area contributed by atoms with Crippen molar-refractivity contribution < 1.29 is 19.1 Å². The zero-order chi connectivity index (χ0) is 26.7. The van der Waals surface area contributed by atoms with E-state index in [9.17, 15) is 9.59 Å². The molecule has 0 bridgehead atoms. The molecule has 0 aliphatic heterocycles. The summed E-state index contributed by atoms with van der Waals surface area (Å²) >= 11 is 7.26. The van der Waals surface area contributed by atoms with E-state index in [4.69, 9.17) is 21.1 Å². The van der Waals surface area contributed by atoms with E-state index in [-0.39, 0.29) is 11.8 Å². The number of halogens is 1. The first-order valence-corrected chi connectivity index (χ1v) is 13.4. The molecule has 9 heteroatoms. The number of benzene rings is 3. The number of amides is 2. The molecule has 4 aromatic rings. The fraction of sp³-hybridized carbons (Fsp3) is 0.207. The second-order valence-electron chi connectivity index (χ2n) is 8.51. The molecule has 196 valence electrons. The summed E-state index contributed by atoms with van der Waals surface area (Å²) in [4.78, 5) is 29.4. The highest BCUT2D eigenvalue weighted by atomic mass is 35.5. The lowest BCUT2D eigenvalue weighted by molar-refractivity contribution is 0.101. The van der Waals surface area contributed by atoms with Crippen LogP contribution in [0.1, 0.15) is 38.3 Å². The summed E-state index contributed by atoms with van der Waals surface area (Å²) in [5, 5.41) is 8.67. The average Bonchev–Trinajstić information content (AvgIpc) is 3.44. The number of hydrogen-bond acceptors (Lipinski definition) is 6. The Balaban J connectivity index is 1.40. The number of thiazole rings is 1. The van der Waals surface area contributed by atoms with Gasteiger partial charge in [-0.3, -0.25) is 14.9 Å². The van der Waals surface area contributed by atoms with Crippen molar-refractivity contribution in [1.82, 2.24) is 4.98 Å². The number of anilines is 2. The van der Waals surface area contributed by atoms with Gasteiger partial charge in [-0.2, -0.15) is 0 Å². The van der Waals surface area contributed by atoms with Crippen molar-refractivity contribution in [2.45, 2.75) is 19.3 Å². The lowest BCUT2D eigenvalue weighted by atomic mass is 10.0. The Bertz CT molecular complexity index is 1340. The molecule has 0 aliphatic carbocycles. The molecule has 2 N–H and O–H groups in total. The highest BCUT2D eigenvalue weighted by Crippen LogP contribution is 2.22. The zero-order valence-electron chi connectivity index (χ0n) is 20.9. The number of carbonyl (C=O) groups excluding carboxylic acids is 2. The van der Waals surface area contributed by atoms with E-state index < -0.39 is 0 Å². The summed E-state index contributed by atoms with van der Waals surface area (Å²) in [5.74, 6) is 0.216. The van der Waals surface area contributed by atoms with Crippen LogP contribution in [0.3, 0.4) is 0 Å². The third kappa shape index (κ3) is 8.14. The SMILES string of the molecule is COCCCOc1cc(CCc2ccc(NC(=O)c3ccc(Cl)cc3)cc2)cc(C(=O)Nc2nccs2)c1. The van der Waals surface area contributed by atoms with Gasteiger partial charge >= 0.3 is 0 Å². The second kappa shape index (κ2) is 13.7. The molecule has 0 atom stereocenters. The molecular weight excluding hydrogens is 522 g/mol. The molecule has 1 heterocycles. The Labute approximate surface area is 230 Å². The van der Waals surface area contributed by atoms with Gasteiger partial charge in [0, 0.05) is 53.6 Å². The number of rotatable bonds is 12. The highest BCUT2D eigenvalue weighted by molar-refractivity contribution is 7.13. The third-order valence-corrected chi connectivity index (χ3v) is 6.60. The van der Waals surface area contributed by atoms with E-state index in [1.165, 1.54) is 11.3 Å². The van der Waals surface area contributed by atoms with Crippen LogP contribution in [-0.2, 0) is 17.6 Å². The molecular formula is C29H28ClN3O4S. The largest absolute Gasteiger partial charge is 0.493 e. The van der Waals surface area contributed by atoms with Gasteiger partial charge in [0.15, 0.2) is 5.13 Å². The maximum atomic E-state index is 12.9. The van der Waals surface area contributed by atoms with Crippen LogP contribution in [0.25, 0.3) is 0 Å². The predicted octanol–water partition coefficient (Wildman–Crippen LogP) is 6.50. The quantitative estimate of drug-likeness (QED) is 0.197. The maximum absolute atomic E-state index is 12.9. The Kier molecular flexibility index (Phi) is 9.86. The van der Waals surface area contributed by atoms with Crippen LogP contribution in [-0.4, -0.2) is 37.1 Å². The van der Waals surface area contributed by atoms with Gasteiger partial charge < -0.3 is 14.8 Å². The van der Waals surface area contributed by atoms with Gasteiger partial charge in [0.1, 0.15) is 5.75 Å². The molecule has 0 radical (unpaired) electrons. The number of aromatic nitrogens is 1. The Morgan fingerprint density at radius 3 is 2.32 bits per heavy atom. The zero-order valence-corrected chi connectivity index (χ0v) is 22.5. The third-order valence-electron chi connectivity index (χ3n) is 5.66. The number of nitrogens with zero attached hydrogens (tertiary/aromatic N) is 1. The van der Waals surface area contributed by atoms with Gasteiger partial charge in [-0.05, 0) is 78.6 Å². The number of hydrogen-bond donors (Lipinski definition) is 2. The minimum Gasteiger partial charge on any atom is -0.493 e. The predicted molar refractivity (Wildman–Crippen MR) is 152 cm³/mol. The van der Waals surface area contributed by atoms with Gasteiger partial charge in [0.05, 0.1) is 6.61 Å². The normalized spacial score (nSPS) is 10.7. The van der Waals surface area contributed by atoms with Gasteiger partial charge in [-0.1, -0.05) is 23.7 Å². The van der Waals surface area contributed by atoms with E-state index in [0.717, 1.165) is 24.0 Å². The van der Waals surface area contributed by atoms with E-state index in [1.807, 2.05) is 41.8 Å². The average molecular weight is 550 g/mol. The fourth-order valence-corrected chi connectivity index (χ4v) is 4.37. The summed E-state index contributed by atoms with van der Waals surface area (Å²) in [6.07, 6.45) is 3.87. The number of carbonyl (C=O) groups is 2. The Morgan fingerprint density at radius 2 is 1.61 bits per heavy atom. The molecule has 4 rings (SSSR count). The molecule has 3 aromatic carbocycles. The molecule has 7 nitrogen and oxygen atoms in total. The maximum Gasteiger partial charge on any atom is 0.257 e. The topological polar surface area (TPSA) is 89.5 Å². The van der Waals surface area contributed by atoms with Crippen LogP contribution in [0.4, 0.5) is 10.8 Å². The van der Waals surface area contributed by atoms with Crippen LogP contribution in [0.15, 0.2) is 78.3 Å². The van der Waals surface area contributed by atoms with Gasteiger partial charge in [-0.25, -0.2) is 4.98 Å². The van der Waals surface area contributed by atoms with Crippen LogP contribution < -0.4 is 15.4 Å². The molecule has 0 unspecified atom stereocenters. The van der Waals surface area contributed by atoms with Crippen molar-refractivity contribution in [2.75, 3.05) is 31.0 Å². The van der Waals surface area contributed by atoms with Gasteiger partial charge in [-0.15, -0.1) is 11.3 Å². The first-order chi connectivity index (χ1) is 18.5. The lowest BCUT2D eigenvalue weighted by Gasteiger charge is -2.12. The molecule has 0 saturated carbocycles. The van der Waals surface area contributed by atoms with Crippen LogP contribution in [0.5, 0.6) is 5.75 Å². The van der Waals surface area contributed by atoms with Crippen LogP contribution >= 0.6 is 22.9 Å². The summed E-state index contributed by atoms with van der Waals surface area (Å²) in [6.45, 7) is 1.10. The molecule has 1 aromatic heterocycles. The molecule has 0 fully saturated rings. The first kappa shape index (κ1) is 27.3. The van der Waals surface area contributed by atoms with Crippen molar-refractivity contribution in [1.29, 1.82) is 0 Å². The van der Waals surface area contributed by atoms with Crippen molar-refractivity contribution in [2.24, 2.45) is 0 Å². The fourth-order valence-electron chi connectivity index (χ4n) is 3.72. The van der Waals surface area contributed by atoms with Crippen LogP contribution in [0, 0.1) is 0 Å². The molecule has 38 heavy (non-hydrogen) atoms. The summed E-state index contributed by atoms with van der Waals surface area (Å²) in [5.41, 5.74) is 3.85. The summed E-state index contributed by atoms with van der Waals surface area (Å²) in [6, 6.07) is 20.1. The minimum absolute atomic E-state index is 0.194. The lowest BCUT2D eigenvalue weighted by Crippen LogP contribution is -2.13. The monoisotopic (exact) mass is 549 g/mol. The minimum atomic E-state index is -0.232. The summed E-state index contributed by atoms with van der Waals surface area (Å²) in [7, 11) is 1.65. The van der Waals surface area contributed by atoms with Gasteiger partial charge in [0.25, 0.3) is 11.8 Å². The Morgan fingerprint density at radius 1 is 0.868 bits per heavy atom. The second-order valence-corrected chi connectivity index (χ2v) is 9.84. The van der Waals surface area contributed by atoms with Crippen molar-refractivity contribution in [3.63, 3.8) is 0 Å². The van der Waals surface area contributed by atoms with Crippen molar-refractivity contribution in [3.8, 4) is 5.75 Å². The number of ether oxygens (including phenoxy) is 2. The van der Waals surface area contributed by atoms with E-state index >= 15 is 0 Å². The molecule has 0 aliphatic rings. The molecule has 0 saturated heterocycles. The van der Waals surface area contributed by atoms with Crippen molar-refractivity contribution in [3.05, 3.63) is 106 Å².